The number of amides is 8. The highest BCUT2D eigenvalue weighted by Crippen LogP contribution is 2.29. The minimum absolute atomic E-state index is 0.0276. The smallest absolute Gasteiger partial charge is 0.391 e. The second kappa shape index (κ2) is 29.3. The molecular formula is C44H73F3N14O9. The summed E-state index contributed by atoms with van der Waals surface area (Å²) in [7, 11) is 1.19. The molecule has 0 unspecified atom stereocenters. The molecule has 0 aliphatic rings. The van der Waals surface area contributed by atoms with Crippen LogP contribution < -0.4 is 61.0 Å². The van der Waals surface area contributed by atoms with E-state index in [1.54, 1.807) is 20.8 Å². The van der Waals surface area contributed by atoms with Crippen LogP contribution in [0.15, 0.2) is 34.3 Å². The van der Waals surface area contributed by atoms with Crippen LogP contribution in [0.2, 0.25) is 0 Å². The van der Waals surface area contributed by atoms with Gasteiger partial charge in [0.05, 0.1) is 11.7 Å². The van der Waals surface area contributed by atoms with Crippen LogP contribution in [-0.2, 0) is 51.0 Å². The average Bonchev–Trinajstić information content (AvgIpc) is 3.25. The molecule has 23 nitrogen and oxygen atoms in total. The van der Waals surface area contributed by atoms with Gasteiger partial charge in [0, 0.05) is 38.9 Å². The van der Waals surface area contributed by atoms with Gasteiger partial charge in [-0.25, -0.2) is 0 Å². The average molecular weight is 999 g/mol. The highest BCUT2D eigenvalue weighted by molar-refractivity contribution is 5.97. The normalized spacial score (nSPS) is 14.8. The Balaban J connectivity index is 3.59. The molecule has 8 amide bonds. The highest BCUT2D eigenvalue weighted by atomic mass is 19.4. The summed E-state index contributed by atoms with van der Waals surface area (Å²) < 4.78 is 39.6. The van der Waals surface area contributed by atoms with E-state index >= 15 is 0 Å². The minimum Gasteiger partial charge on any atom is -0.391 e. The summed E-state index contributed by atoms with van der Waals surface area (Å²) in [5, 5.41) is 23.3. The molecule has 0 saturated heterocycles. The van der Waals surface area contributed by atoms with Gasteiger partial charge in [-0.2, -0.15) is 13.2 Å². The van der Waals surface area contributed by atoms with E-state index in [2.05, 4.69) is 36.6 Å². The SMILES string of the molecule is CC(C)C[C@H](C)C(=O)N[C@H](C(=O)N[C@H](C(=O)N[C@@H](CCCN=C(N)N)C(=O)N[C@@H](CCC(N)=O)C(=O)N(C)[C@@H](CCCN=C(N)N)C(=O)N[C@@H](Cc1ccc(C(F)(F)F)cc1)C(N)=O)[C@@H](C)O)C(C)C. The van der Waals surface area contributed by atoms with Crippen LogP contribution in [0, 0.1) is 17.8 Å². The van der Waals surface area contributed by atoms with E-state index in [1.165, 1.54) is 14.0 Å². The lowest BCUT2D eigenvalue weighted by molar-refractivity contribution is -0.143. The van der Waals surface area contributed by atoms with Gasteiger partial charge < -0.3 is 71.0 Å². The first-order valence-corrected chi connectivity index (χ1v) is 22.8. The van der Waals surface area contributed by atoms with Crippen molar-refractivity contribution in [2.45, 2.75) is 141 Å². The van der Waals surface area contributed by atoms with Gasteiger partial charge in [0.15, 0.2) is 11.9 Å². The van der Waals surface area contributed by atoms with Gasteiger partial charge in [-0.15, -0.1) is 0 Å². The molecule has 1 aromatic carbocycles. The molecule has 18 N–H and O–H groups in total. The van der Waals surface area contributed by atoms with E-state index in [0.717, 1.165) is 29.2 Å². The van der Waals surface area contributed by atoms with Crippen molar-refractivity contribution in [3.63, 3.8) is 0 Å². The minimum atomic E-state index is -4.64. The number of guanidine groups is 2. The monoisotopic (exact) mass is 999 g/mol. The zero-order valence-electron chi connectivity index (χ0n) is 40.8. The molecule has 0 fully saturated rings. The number of hydrogen-bond donors (Lipinski definition) is 12. The lowest BCUT2D eigenvalue weighted by Crippen LogP contribution is -2.62. The summed E-state index contributed by atoms with van der Waals surface area (Å²) in [4.78, 5) is 116. The largest absolute Gasteiger partial charge is 0.416 e. The van der Waals surface area contributed by atoms with Crippen molar-refractivity contribution in [2.75, 3.05) is 20.1 Å². The number of rotatable bonds is 30. The van der Waals surface area contributed by atoms with Crippen molar-refractivity contribution in [3.05, 3.63) is 35.4 Å². The van der Waals surface area contributed by atoms with Crippen LogP contribution in [0.4, 0.5) is 13.2 Å². The number of nitrogens with zero attached hydrogens (tertiary/aromatic N) is 3. The summed E-state index contributed by atoms with van der Waals surface area (Å²) in [6, 6.07) is -5.07. The maximum atomic E-state index is 14.4. The van der Waals surface area contributed by atoms with E-state index in [9.17, 15) is 56.6 Å². The molecule has 394 valence electrons. The first-order valence-electron chi connectivity index (χ1n) is 22.8. The van der Waals surface area contributed by atoms with Crippen molar-refractivity contribution in [1.29, 1.82) is 0 Å². The second-order valence-electron chi connectivity index (χ2n) is 17.8. The topological polar surface area (TPSA) is 401 Å². The van der Waals surface area contributed by atoms with Crippen LogP contribution in [0.5, 0.6) is 0 Å². The number of alkyl halides is 3. The first-order chi connectivity index (χ1) is 32.5. The van der Waals surface area contributed by atoms with Crippen molar-refractivity contribution in [2.24, 2.45) is 62.1 Å². The Hall–Kier alpha value is -6.73. The Bertz CT molecular complexity index is 1990. The van der Waals surface area contributed by atoms with Crippen molar-refractivity contribution < 1.29 is 56.6 Å². The third-order valence-corrected chi connectivity index (χ3v) is 10.9. The molecule has 0 aliphatic heterocycles. The molecule has 70 heavy (non-hydrogen) atoms. The Morgan fingerprint density at radius 1 is 0.643 bits per heavy atom. The molecular weight excluding hydrogens is 926 g/mol. The predicted octanol–water partition coefficient (Wildman–Crippen LogP) is -1.92. The summed E-state index contributed by atoms with van der Waals surface area (Å²) in [5.41, 5.74) is 32.1. The quantitative estimate of drug-likeness (QED) is 0.0228. The molecule has 0 spiro atoms. The van der Waals surface area contributed by atoms with Gasteiger partial charge >= 0.3 is 6.18 Å². The molecule has 0 aliphatic carbocycles. The second-order valence-corrected chi connectivity index (χ2v) is 17.8. The summed E-state index contributed by atoms with van der Waals surface area (Å²) in [5.74, 6) is -8.34. The molecule has 26 heteroatoms. The number of aliphatic hydroxyl groups excluding tert-OH is 1. The van der Waals surface area contributed by atoms with E-state index in [1.807, 2.05) is 13.8 Å². The van der Waals surface area contributed by atoms with Crippen LogP contribution in [0.3, 0.4) is 0 Å². The predicted molar refractivity (Wildman–Crippen MR) is 254 cm³/mol. The van der Waals surface area contributed by atoms with Gasteiger partial charge in [-0.3, -0.25) is 48.3 Å². The number of primary amides is 2. The number of nitrogens with one attached hydrogen (secondary N) is 5. The van der Waals surface area contributed by atoms with Gasteiger partial charge in [-0.05, 0) is 75.0 Å². The molecule has 1 rings (SSSR count). The van der Waals surface area contributed by atoms with Crippen LogP contribution in [-0.4, -0.2) is 132 Å². The van der Waals surface area contributed by atoms with Gasteiger partial charge in [0.1, 0.15) is 36.3 Å². The van der Waals surface area contributed by atoms with Crippen molar-refractivity contribution in [1.82, 2.24) is 31.5 Å². The molecule has 0 saturated carbocycles. The Kier molecular flexibility index (Phi) is 25.7. The first kappa shape index (κ1) is 61.3. The van der Waals surface area contributed by atoms with E-state index in [0.29, 0.717) is 6.42 Å². The highest BCUT2D eigenvalue weighted by Gasteiger charge is 2.37. The number of aliphatic imine (C=N–C) groups is 2. The zero-order chi connectivity index (χ0) is 53.6. The van der Waals surface area contributed by atoms with Crippen LogP contribution >= 0.6 is 0 Å². The lowest BCUT2D eigenvalue weighted by Gasteiger charge is -2.32. The Labute approximate surface area is 405 Å². The fourth-order valence-electron chi connectivity index (χ4n) is 7.09. The third kappa shape index (κ3) is 22.1. The summed E-state index contributed by atoms with van der Waals surface area (Å²) in [6.07, 6.45) is -7.10. The molecule has 0 bridgehead atoms. The number of halogens is 3. The van der Waals surface area contributed by atoms with Crippen molar-refractivity contribution in [3.8, 4) is 0 Å². The van der Waals surface area contributed by atoms with Crippen LogP contribution in [0.25, 0.3) is 0 Å². The van der Waals surface area contributed by atoms with Crippen LogP contribution in [0.1, 0.15) is 97.6 Å². The number of hydrogen-bond acceptors (Lipinski definition) is 11. The maximum absolute atomic E-state index is 14.4. The Morgan fingerprint density at radius 2 is 1.14 bits per heavy atom. The standard InChI is InChI=1S/C44H73F3N14O9/c1-22(2)20-24(5)36(65)59-33(23(3)4)39(68)60-34(25(6)62)40(69)56-28(10-8-18-54-42(50)51)37(66)57-29(16-17-32(48)63)41(70)61(7)31(11-9-19-55-43(52)53)38(67)58-30(35(49)64)21-26-12-14-27(15-13-26)44(45,46)47/h12-15,22-25,28-31,33-34,62H,8-11,16-21H2,1-7H3,(H2,48,63)(H2,49,64)(H,56,69)(H,57,66)(H,58,67)(H,59,65)(H,60,68)(H4,50,51,54)(H4,52,53,55)/t24-,25+,28-,29-,30-,31-,33-,34-/m0/s1. The Morgan fingerprint density at radius 3 is 1.61 bits per heavy atom. The van der Waals surface area contributed by atoms with Gasteiger partial charge in [-0.1, -0.05) is 46.8 Å². The van der Waals surface area contributed by atoms with E-state index < -0.39 is 126 Å². The molecule has 0 heterocycles. The van der Waals surface area contributed by atoms with E-state index in [-0.39, 0.29) is 68.6 Å². The fraction of sp³-hybridized carbons (Fsp3) is 0.636. The van der Waals surface area contributed by atoms with Gasteiger partial charge in [0.2, 0.25) is 47.3 Å². The maximum Gasteiger partial charge on any atom is 0.416 e. The van der Waals surface area contributed by atoms with E-state index in [4.69, 9.17) is 34.4 Å². The zero-order valence-corrected chi connectivity index (χ0v) is 40.8. The molecule has 1 aromatic rings. The fourth-order valence-corrected chi connectivity index (χ4v) is 7.09. The molecule has 8 atom stereocenters. The summed E-state index contributed by atoms with van der Waals surface area (Å²) >= 11 is 0. The molecule has 0 radical (unpaired) electrons. The van der Waals surface area contributed by atoms with Crippen molar-refractivity contribution >= 4 is 59.2 Å². The number of carbonyl (C=O) groups is 8. The molecule has 0 aromatic heterocycles. The van der Waals surface area contributed by atoms with Gasteiger partial charge in [0.25, 0.3) is 0 Å². The number of carbonyl (C=O) groups excluding carboxylic acids is 8. The third-order valence-electron chi connectivity index (χ3n) is 10.9. The number of nitrogens with two attached hydrogens (primary N) is 6. The number of benzene rings is 1. The summed E-state index contributed by atoms with van der Waals surface area (Å²) in [6.45, 7) is 10.1. The number of aliphatic hydroxyl groups is 1. The number of likely N-dealkylation sites (N-methyl/N-ethyl adjacent to an activating group) is 1. The lowest BCUT2D eigenvalue weighted by atomic mass is 9.96.